The Morgan fingerprint density at radius 2 is 1.68 bits per heavy atom. The quantitative estimate of drug-likeness (QED) is 0.212. The molecule has 0 unspecified atom stereocenters. The number of unbranched alkanes of at least 4 members (excludes halogenated alkanes) is 1. The number of likely N-dealkylation sites (tertiary alicyclic amines) is 1. The second kappa shape index (κ2) is 15.0. The van der Waals surface area contributed by atoms with Gasteiger partial charge in [0.05, 0.1) is 0 Å². The minimum atomic E-state index is 0. The van der Waals surface area contributed by atoms with E-state index in [-0.39, 0.29) is 24.0 Å². The zero-order valence-electron chi connectivity index (χ0n) is 17.2. The summed E-state index contributed by atoms with van der Waals surface area (Å²) in [7, 11) is 0. The first-order valence-electron chi connectivity index (χ1n) is 10.0. The van der Waals surface area contributed by atoms with Gasteiger partial charge in [-0.3, -0.25) is 9.89 Å². The Morgan fingerprint density at radius 1 is 1.04 bits per heavy atom. The van der Waals surface area contributed by atoms with Crippen molar-refractivity contribution in [3.05, 3.63) is 0 Å². The molecule has 0 bridgehead atoms. The Morgan fingerprint density at radius 3 is 2.24 bits per heavy atom. The maximum atomic E-state index is 4.72. The predicted molar refractivity (Wildman–Crippen MR) is 121 cm³/mol. The van der Waals surface area contributed by atoms with Crippen LogP contribution in [0.4, 0.5) is 0 Å². The molecule has 1 rings (SSSR count). The lowest BCUT2D eigenvalue weighted by molar-refractivity contribution is 0.178. The summed E-state index contributed by atoms with van der Waals surface area (Å²) in [5.74, 6) is 0.964. The van der Waals surface area contributed by atoms with Gasteiger partial charge < -0.3 is 15.5 Å². The number of guanidine groups is 1. The van der Waals surface area contributed by atoms with Crippen LogP contribution in [-0.4, -0.2) is 73.7 Å². The molecule has 1 fully saturated rings. The zero-order chi connectivity index (χ0) is 17.8. The Hall–Kier alpha value is -0.0800. The Balaban J connectivity index is 0.00000576. The molecule has 1 aliphatic rings. The Bertz CT molecular complexity index is 333. The average molecular weight is 467 g/mol. The van der Waals surface area contributed by atoms with Gasteiger partial charge in [0.15, 0.2) is 5.96 Å². The van der Waals surface area contributed by atoms with Gasteiger partial charge in [-0.05, 0) is 79.9 Å². The third kappa shape index (κ3) is 11.3. The van der Waals surface area contributed by atoms with E-state index in [1.807, 2.05) is 0 Å². The van der Waals surface area contributed by atoms with Crippen molar-refractivity contribution in [1.82, 2.24) is 20.4 Å². The summed E-state index contributed by atoms with van der Waals surface area (Å²) in [5, 5.41) is 6.84. The molecule has 0 saturated carbocycles. The van der Waals surface area contributed by atoms with E-state index in [4.69, 9.17) is 4.99 Å². The highest BCUT2D eigenvalue weighted by Crippen LogP contribution is 2.08. The molecule has 1 aliphatic heterocycles. The summed E-state index contributed by atoms with van der Waals surface area (Å²) in [6, 6.07) is 1.16. The van der Waals surface area contributed by atoms with Crippen molar-refractivity contribution in [3.8, 4) is 0 Å². The van der Waals surface area contributed by atoms with E-state index in [2.05, 4.69) is 55.1 Å². The van der Waals surface area contributed by atoms with E-state index in [1.54, 1.807) is 0 Å². The predicted octanol–water partition coefficient (Wildman–Crippen LogP) is 3.15. The molecule has 0 radical (unpaired) electrons. The summed E-state index contributed by atoms with van der Waals surface area (Å²) in [4.78, 5) is 9.81. The van der Waals surface area contributed by atoms with Gasteiger partial charge in [-0.15, -0.1) is 24.0 Å². The highest BCUT2D eigenvalue weighted by molar-refractivity contribution is 14.0. The maximum absolute atomic E-state index is 4.72. The zero-order valence-corrected chi connectivity index (χ0v) is 19.5. The van der Waals surface area contributed by atoms with E-state index in [0.717, 1.165) is 32.1 Å². The molecule has 150 valence electrons. The molecule has 0 aromatic heterocycles. The first-order valence-corrected chi connectivity index (χ1v) is 10.0. The molecule has 2 N–H and O–H groups in total. The monoisotopic (exact) mass is 467 g/mol. The van der Waals surface area contributed by atoms with Gasteiger partial charge >= 0.3 is 0 Å². The fourth-order valence-corrected chi connectivity index (χ4v) is 3.40. The molecule has 5 nitrogen and oxygen atoms in total. The molecule has 0 aromatic rings. The fraction of sp³-hybridized carbons (Fsp3) is 0.947. The molecule has 1 heterocycles. The number of nitrogens with one attached hydrogen (secondary N) is 2. The van der Waals surface area contributed by atoms with Gasteiger partial charge in [0.1, 0.15) is 0 Å². The lowest BCUT2D eigenvalue weighted by atomic mass is 10.2. The molecule has 0 amide bonds. The number of rotatable bonds is 11. The summed E-state index contributed by atoms with van der Waals surface area (Å²) in [6.07, 6.45) is 5.21. The maximum Gasteiger partial charge on any atom is 0.191 e. The standard InChI is InChI=1S/C19H41N5.HI/c1-6-20-19(22-12-16-24(17(2)3)18(4)5)21-11-7-8-13-23-14-9-10-15-23;/h17-18H,6-16H2,1-5H3,(H2,20,21,22);1H. The summed E-state index contributed by atoms with van der Waals surface area (Å²) < 4.78 is 0. The van der Waals surface area contributed by atoms with Crippen LogP contribution < -0.4 is 10.6 Å². The van der Waals surface area contributed by atoms with Gasteiger partial charge in [0.25, 0.3) is 0 Å². The highest BCUT2D eigenvalue weighted by atomic mass is 127. The first kappa shape index (κ1) is 24.9. The normalized spacial score (nSPS) is 15.9. The lowest BCUT2D eigenvalue weighted by Gasteiger charge is -2.30. The number of halogens is 1. The van der Waals surface area contributed by atoms with Gasteiger partial charge in [0.2, 0.25) is 0 Å². The number of aliphatic imine (C=N–C) groups is 1. The van der Waals surface area contributed by atoms with Crippen LogP contribution in [0.25, 0.3) is 0 Å². The van der Waals surface area contributed by atoms with Crippen molar-refractivity contribution in [3.63, 3.8) is 0 Å². The number of hydrogen-bond acceptors (Lipinski definition) is 3. The van der Waals surface area contributed by atoms with Crippen molar-refractivity contribution in [1.29, 1.82) is 0 Å². The van der Waals surface area contributed by atoms with Crippen LogP contribution in [0.5, 0.6) is 0 Å². The lowest BCUT2D eigenvalue weighted by Crippen LogP contribution is -2.45. The Labute approximate surface area is 173 Å². The van der Waals surface area contributed by atoms with Crippen LogP contribution in [0.15, 0.2) is 4.99 Å². The highest BCUT2D eigenvalue weighted by Gasteiger charge is 2.12. The summed E-state index contributed by atoms with van der Waals surface area (Å²) >= 11 is 0. The van der Waals surface area contributed by atoms with Crippen molar-refractivity contribution < 1.29 is 0 Å². The average Bonchev–Trinajstić information content (AvgIpc) is 3.03. The van der Waals surface area contributed by atoms with Crippen LogP contribution in [0.3, 0.4) is 0 Å². The molecule has 0 spiro atoms. The topological polar surface area (TPSA) is 42.9 Å². The van der Waals surface area contributed by atoms with Crippen LogP contribution >= 0.6 is 24.0 Å². The second-order valence-corrected chi connectivity index (χ2v) is 7.37. The second-order valence-electron chi connectivity index (χ2n) is 7.37. The van der Waals surface area contributed by atoms with Crippen LogP contribution in [-0.2, 0) is 0 Å². The minimum absolute atomic E-state index is 0. The third-order valence-corrected chi connectivity index (χ3v) is 4.68. The van der Waals surface area contributed by atoms with Crippen molar-refractivity contribution in [2.75, 3.05) is 45.8 Å². The molecule has 0 aliphatic carbocycles. The van der Waals surface area contributed by atoms with E-state index in [0.29, 0.717) is 12.1 Å². The smallest absolute Gasteiger partial charge is 0.191 e. The van der Waals surface area contributed by atoms with Gasteiger partial charge in [0, 0.05) is 38.3 Å². The van der Waals surface area contributed by atoms with Gasteiger partial charge in [-0.25, -0.2) is 0 Å². The van der Waals surface area contributed by atoms with Gasteiger partial charge in [-0.2, -0.15) is 0 Å². The minimum Gasteiger partial charge on any atom is -0.357 e. The molecule has 6 heteroatoms. The van der Waals surface area contributed by atoms with Crippen molar-refractivity contribution in [2.45, 2.75) is 72.4 Å². The van der Waals surface area contributed by atoms with E-state index < -0.39 is 0 Å². The van der Waals surface area contributed by atoms with Crippen molar-refractivity contribution in [2.24, 2.45) is 4.99 Å². The summed E-state index contributed by atoms with van der Waals surface area (Å²) in [6.45, 7) is 18.9. The van der Waals surface area contributed by atoms with Crippen LogP contribution in [0, 0.1) is 0 Å². The molecule has 0 atom stereocenters. The molecule has 0 aromatic carbocycles. The SMILES string of the molecule is CCNC(=NCCCCN1CCCC1)NCCN(C(C)C)C(C)C.I. The number of nitrogens with zero attached hydrogens (tertiary/aromatic N) is 3. The molecule has 25 heavy (non-hydrogen) atoms. The van der Waals surface area contributed by atoms with E-state index >= 15 is 0 Å². The summed E-state index contributed by atoms with van der Waals surface area (Å²) in [5.41, 5.74) is 0. The van der Waals surface area contributed by atoms with Crippen molar-refractivity contribution >= 4 is 29.9 Å². The fourth-order valence-electron chi connectivity index (χ4n) is 3.40. The first-order chi connectivity index (χ1) is 11.5. The van der Waals surface area contributed by atoms with Gasteiger partial charge in [-0.1, -0.05) is 0 Å². The largest absolute Gasteiger partial charge is 0.357 e. The van der Waals surface area contributed by atoms with E-state index in [9.17, 15) is 0 Å². The molecule has 1 saturated heterocycles. The Kier molecular flexibility index (Phi) is 15.0. The molecular formula is C19H42IN5. The molecular weight excluding hydrogens is 425 g/mol. The third-order valence-electron chi connectivity index (χ3n) is 4.68. The van der Waals surface area contributed by atoms with Crippen LogP contribution in [0.2, 0.25) is 0 Å². The number of hydrogen-bond donors (Lipinski definition) is 2. The van der Waals surface area contributed by atoms with Crippen LogP contribution in [0.1, 0.15) is 60.3 Å². The van der Waals surface area contributed by atoms with E-state index in [1.165, 1.54) is 45.3 Å².